The fourth-order valence-corrected chi connectivity index (χ4v) is 6.50. The molecular formula is C22H28FN3O6S2. The average Bonchev–Trinajstić information content (AvgIpc) is 2.78. The van der Waals surface area contributed by atoms with Crippen LogP contribution < -0.4 is 14.8 Å². The Morgan fingerprint density at radius 1 is 1.09 bits per heavy atom. The first-order valence-corrected chi connectivity index (χ1v) is 13.6. The number of piperidine rings is 1. The van der Waals surface area contributed by atoms with Crippen LogP contribution in [0.5, 0.6) is 5.75 Å². The predicted octanol–water partition coefficient (Wildman–Crippen LogP) is 2.56. The highest BCUT2D eigenvalue weighted by Gasteiger charge is 2.33. The zero-order valence-electron chi connectivity index (χ0n) is 19.1. The first-order valence-electron chi connectivity index (χ1n) is 10.7. The van der Waals surface area contributed by atoms with Gasteiger partial charge in [-0.05, 0) is 69.2 Å². The molecule has 0 aromatic heterocycles. The summed E-state index contributed by atoms with van der Waals surface area (Å²) in [6.07, 6.45) is 0.916. The molecular weight excluding hydrogens is 485 g/mol. The minimum absolute atomic E-state index is 0.0403. The lowest BCUT2D eigenvalue weighted by molar-refractivity contribution is -0.120. The van der Waals surface area contributed by atoms with Gasteiger partial charge in [-0.3, -0.25) is 4.79 Å². The van der Waals surface area contributed by atoms with Crippen molar-refractivity contribution in [2.75, 3.05) is 25.5 Å². The van der Waals surface area contributed by atoms with Gasteiger partial charge < -0.3 is 10.1 Å². The summed E-state index contributed by atoms with van der Waals surface area (Å²) in [7, 11) is -6.30. The van der Waals surface area contributed by atoms with Gasteiger partial charge in [0.1, 0.15) is 11.6 Å². The fraction of sp³-hybridized carbons (Fsp3) is 0.409. The third-order valence-electron chi connectivity index (χ3n) is 5.34. The summed E-state index contributed by atoms with van der Waals surface area (Å²) < 4.78 is 73.1. The first kappa shape index (κ1) is 26.1. The molecule has 1 heterocycles. The van der Waals surface area contributed by atoms with Gasteiger partial charge in [0, 0.05) is 19.1 Å². The summed E-state index contributed by atoms with van der Waals surface area (Å²) in [5.74, 6) is -1.40. The van der Waals surface area contributed by atoms with Crippen LogP contribution in [0.3, 0.4) is 0 Å². The number of benzene rings is 2. The molecule has 186 valence electrons. The third kappa shape index (κ3) is 5.93. The molecule has 0 aliphatic carbocycles. The van der Waals surface area contributed by atoms with Crippen molar-refractivity contribution >= 4 is 31.6 Å². The Morgan fingerprint density at radius 3 is 2.35 bits per heavy atom. The predicted molar refractivity (Wildman–Crippen MR) is 125 cm³/mol. The highest BCUT2D eigenvalue weighted by molar-refractivity contribution is 7.89. The van der Waals surface area contributed by atoms with E-state index in [4.69, 9.17) is 4.74 Å². The normalized spacial score (nSPS) is 17.5. The molecule has 9 nitrogen and oxygen atoms in total. The summed E-state index contributed by atoms with van der Waals surface area (Å²) in [6.45, 7) is 3.57. The van der Waals surface area contributed by atoms with Gasteiger partial charge >= 0.3 is 0 Å². The highest BCUT2D eigenvalue weighted by Crippen LogP contribution is 2.30. The van der Waals surface area contributed by atoms with E-state index in [1.165, 1.54) is 41.7 Å². The number of sulfonamides is 2. The second kappa shape index (κ2) is 10.4. The summed E-state index contributed by atoms with van der Waals surface area (Å²) in [5.41, 5.74) is 0.164. The summed E-state index contributed by atoms with van der Waals surface area (Å²) >= 11 is 0. The number of hydrogen-bond acceptors (Lipinski definition) is 6. The van der Waals surface area contributed by atoms with Gasteiger partial charge in [0.05, 0.1) is 28.5 Å². The smallest absolute Gasteiger partial charge is 0.243 e. The zero-order valence-corrected chi connectivity index (χ0v) is 20.7. The molecule has 1 unspecified atom stereocenters. The number of ether oxygens (including phenoxy) is 1. The Labute approximate surface area is 199 Å². The largest absolute Gasteiger partial charge is 0.495 e. The molecule has 1 fully saturated rings. The van der Waals surface area contributed by atoms with Crippen LogP contribution in [0, 0.1) is 11.7 Å². The maximum atomic E-state index is 13.2. The molecule has 12 heteroatoms. The molecule has 1 aliphatic rings. The monoisotopic (exact) mass is 513 g/mol. The second-order valence-electron chi connectivity index (χ2n) is 8.28. The summed E-state index contributed by atoms with van der Waals surface area (Å²) in [6, 6.07) is 8.32. The second-order valence-corrected chi connectivity index (χ2v) is 11.9. The van der Waals surface area contributed by atoms with Gasteiger partial charge in [0.2, 0.25) is 26.0 Å². The van der Waals surface area contributed by atoms with Crippen LogP contribution in [0.2, 0.25) is 0 Å². The van der Waals surface area contributed by atoms with E-state index in [1.54, 1.807) is 13.8 Å². The maximum Gasteiger partial charge on any atom is 0.243 e. The number of carbonyl (C=O) groups excluding carboxylic acids is 1. The molecule has 1 amide bonds. The van der Waals surface area contributed by atoms with Gasteiger partial charge in [0.15, 0.2) is 0 Å². The molecule has 1 saturated heterocycles. The number of nitrogens with one attached hydrogen (secondary N) is 2. The number of hydrogen-bond donors (Lipinski definition) is 2. The highest BCUT2D eigenvalue weighted by atomic mass is 32.2. The number of rotatable bonds is 8. The van der Waals surface area contributed by atoms with Crippen molar-refractivity contribution in [3.05, 3.63) is 48.3 Å². The average molecular weight is 514 g/mol. The summed E-state index contributed by atoms with van der Waals surface area (Å²) in [4.78, 5) is 12.9. The Hall–Kier alpha value is -2.54. The standard InChI is InChI=1S/C22H28FN3O6S2/c1-15(2)25-33(28,29)19-10-11-21(32-3)20(13-19)24-22(27)16-5-4-12-26(14-16)34(30,31)18-8-6-17(23)7-9-18/h6-11,13,15-16,25H,4-5,12,14H2,1-3H3,(H,24,27). The Morgan fingerprint density at radius 2 is 1.74 bits per heavy atom. The molecule has 1 aliphatic heterocycles. The topological polar surface area (TPSA) is 122 Å². The molecule has 2 aromatic carbocycles. The van der Waals surface area contributed by atoms with Crippen molar-refractivity contribution in [3.63, 3.8) is 0 Å². The van der Waals surface area contributed by atoms with Crippen molar-refractivity contribution in [1.82, 2.24) is 9.03 Å². The van der Waals surface area contributed by atoms with Crippen LogP contribution in [0.15, 0.2) is 52.3 Å². The van der Waals surface area contributed by atoms with Crippen molar-refractivity contribution in [1.29, 1.82) is 0 Å². The van der Waals surface area contributed by atoms with E-state index < -0.39 is 37.7 Å². The molecule has 0 radical (unpaired) electrons. The van der Waals surface area contributed by atoms with Crippen molar-refractivity contribution < 1.29 is 30.8 Å². The molecule has 0 bridgehead atoms. The van der Waals surface area contributed by atoms with Crippen molar-refractivity contribution in [3.8, 4) is 5.75 Å². The number of methoxy groups -OCH3 is 1. The van der Waals surface area contributed by atoms with E-state index >= 15 is 0 Å². The van der Waals surface area contributed by atoms with Crippen LogP contribution in [0.25, 0.3) is 0 Å². The minimum Gasteiger partial charge on any atom is -0.495 e. The Bertz CT molecular complexity index is 1250. The Balaban J connectivity index is 1.80. The molecule has 2 N–H and O–H groups in total. The number of carbonyl (C=O) groups is 1. The van der Waals surface area contributed by atoms with Gasteiger partial charge in [-0.2, -0.15) is 4.31 Å². The van der Waals surface area contributed by atoms with Crippen LogP contribution in [0.4, 0.5) is 10.1 Å². The van der Waals surface area contributed by atoms with Gasteiger partial charge in [-0.1, -0.05) is 0 Å². The van der Waals surface area contributed by atoms with Crippen molar-refractivity contribution in [2.24, 2.45) is 5.92 Å². The number of amides is 1. The number of nitrogens with zero attached hydrogens (tertiary/aromatic N) is 1. The molecule has 2 aromatic rings. The van der Waals surface area contributed by atoms with E-state index in [0.717, 1.165) is 12.1 Å². The summed E-state index contributed by atoms with van der Waals surface area (Å²) in [5, 5.41) is 2.69. The zero-order chi connectivity index (χ0) is 25.1. The molecule has 0 spiro atoms. The Kier molecular flexibility index (Phi) is 7.96. The number of halogens is 1. The SMILES string of the molecule is COc1ccc(S(=O)(=O)NC(C)C)cc1NC(=O)C1CCCN(S(=O)(=O)c2ccc(F)cc2)C1. The van der Waals surface area contributed by atoms with E-state index in [9.17, 15) is 26.0 Å². The van der Waals surface area contributed by atoms with Crippen molar-refractivity contribution in [2.45, 2.75) is 42.5 Å². The van der Waals surface area contributed by atoms with Crippen LogP contribution in [-0.4, -0.2) is 53.3 Å². The third-order valence-corrected chi connectivity index (χ3v) is 8.87. The van der Waals surface area contributed by atoms with Gasteiger partial charge in [-0.25, -0.2) is 25.9 Å². The maximum absolute atomic E-state index is 13.2. The molecule has 34 heavy (non-hydrogen) atoms. The van der Waals surface area contributed by atoms with Crippen LogP contribution in [-0.2, 0) is 24.8 Å². The minimum atomic E-state index is -3.89. The van der Waals surface area contributed by atoms with Crippen LogP contribution >= 0.6 is 0 Å². The van der Waals surface area contributed by atoms with E-state index in [2.05, 4.69) is 10.0 Å². The number of anilines is 1. The lowest BCUT2D eigenvalue weighted by Crippen LogP contribution is -2.43. The molecule has 3 rings (SSSR count). The lowest BCUT2D eigenvalue weighted by Gasteiger charge is -2.31. The fourth-order valence-electron chi connectivity index (χ4n) is 3.70. The lowest BCUT2D eigenvalue weighted by atomic mass is 9.98. The first-order chi connectivity index (χ1) is 15.9. The van der Waals surface area contributed by atoms with E-state index in [0.29, 0.717) is 12.8 Å². The quantitative estimate of drug-likeness (QED) is 0.560. The van der Waals surface area contributed by atoms with Crippen LogP contribution in [0.1, 0.15) is 26.7 Å². The van der Waals surface area contributed by atoms with E-state index in [-0.39, 0.29) is 40.4 Å². The van der Waals surface area contributed by atoms with Gasteiger partial charge in [0.25, 0.3) is 0 Å². The molecule has 1 atom stereocenters. The molecule has 0 saturated carbocycles. The van der Waals surface area contributed by atoms with Gasteiger partial charge in [-0.15, -0.1) is 0 Å². The van der Waals surface area contributed by atoms with E-state index in [1.807, 2.05) is 0 Å².